The molecule has 1 saturated heterocycles. The number of rotatable bonds is 5. The Morgan fingerprint density at radius 2 is 1.66 bits per heavy atom. The highest BCUT2D eigenvalue weighted by Crippen LogP contribution is 2.37. The van der Waals surface area contributed by atoms with Crippen LogP contribution in [0.3, 0.4) is 0 Å². The molecule has 0 unspecified atom stereocenters. The number of para-hydroxylation sites is 1. The predicted molar refractivity (Wildman–Crippen MR) is 117 cm³/mol. The van der Waals surface area contributed by atoms with Crippen LogP contribution in [-0.2, 0) is 16.1 Å². The molecule has 0 saturated carbocycles. The summed E-state index contributed by atoms with van der Waals surface area (Å²) in [5.41, 5.74) is -0.152. The lowest BCUT2D eigenvalue weighted by atomic mass is 9.85. The maximum absolute atomic E-state index is 13.5. The zero-order chi connectivity index (χ0) is 23.0. The number of hydrogen-bond donors (Lipinski definition) is 0. The topological polar surface area (TPSA) is 101 Å². The highest BCUT2D eigenvalue weighted by Gasteiger charge is 2.51. The number of hydrogen-bond acceptors (Lipinski definition) is 5. The fraction of sp³-hybridized carbons (Fsp3) is 0.227. The Bertz CT molecular complexity index is 1140. The van der Waals surface area contributed by atoms with Gasteiger partial charge in [0.25, 0.3) is 23.4 Å². The molecular weight excluding hydrogens is 457 g/mol. The van der Waals surface area contributed by atoms with Gasteiger partial charge in [-0.1, -0.05) is 53.6 Å². The van der Waals surface area contributed by atoms with Crippen molar-refractivity contribution in [3.05, 3.63) is 85.9 Å². The summed E-state index contributed by atoms with van der Waals surface area (Å²) in [6.45, 7) is -0.202. The summed E-state index contributed by atoms with van der Waals surface area (Å²) in [7, 11) is 0. The van der Waals surface area contributed by atoms with Gasteiger partial charge in [0.15, 0.2) is 0 Å². The van der Waals surface area contributed by atoms with E-state index >= 15 is 0 Å². The minimum absolute atomic E-state index is 0.202. The number of benzene rings is 2. The zero-order valence-corrected chi connectivity index (χ0v) is 18.1. The number of imide groups is 1. The molecule has 164 valence electrons. The molecule has 2 aromatic rings. The Balaban J connectivity index is 1.77. The number of nitro groups is 1. The van der Waals surface area contributed by atoms with Crippen molar-refractivity contribution in [2.75, 3.05) is 0 Å². The second-order valence-corrected chi connectivity index (χ2v) is 8.34. The number of fused-ring (bicyclic) bond motifs is 1. The van der Waals surface area contributed by atoms with Gasteiger partial charge in [-0.25, -0.2) is 5.01 Å². The molecule has 1 aliphatic carbocycles. The Kier molecular flexibility index (Phi) is 5.99. The Hall–Kier alpha value is -3.23. The zero-order valence-electron chi connectivity index (χ0n) is 16.6. The number of amides is 3. The number of carbonyl (C=O) groups excluding carboxylic acids is 3. The second kappa shape index (κ2) is 8.72. The van der Waals surface area contributed by atoms with E-state index < -0.39 is 40.2 Å². The van der Waals surface area contributed by atoms with E-state index in [9.17, 15) is 24.5 Å². The first-order valence-electron chi connectivity index (χ1n) is 9.81. The van der Waals surface area contributed by atoms with Crippen LogP contribution >= 0.6 is 23.2 Å². The van der Waals surface area contributed by atoms with Crippen LogP contribution in [0, 0.1) is 22.0 Å². The fourth-order valence-corrected chi connectivity index (χ4v) is 4.34. The predicted octanol–water partition coefficient (Wildman–Crippen LogP) is 4.41. The first kappa shape index (κ1) is 22.0. The summed E-state index contributed by atoms with van der Waals surface area (Å²) >= 11 is 12.1. The number of nitro benzene ring substituents is 1. The second-order valence-electron chi connectivity index (χ2n) is 7.53. The number of halogens is 2. The van der Waals surface area contributed by atoms with Crippen LogP contribution in [0.25, 0.3) is 0 Å². The summed E-state index contributed by atoms with van der Waals surface area (Å²) in [6.07, 6.45) is 4.46. The van der Waals surface area contributed by atoms with Crippen molar-refractivity contribution >= 4 is 46.6 Å². The molecule has 2 aliphatic rings. The summed E-state index contributed by atoms with van der Waals surface area (Å²) in [5, 5.41) is 13.8. The standard InChI is InChI=1S/C22H17Cl2N3O5/c23-17-10-9-13(11-18(17)24)12-25(20(28)16-7-3-4-8-19(16)27(31)32)26-21(29)14-5-1-2-6-15(14)22(26)30/h1-4,7-11,14-15H,5-6,12H2/t14-,15+. The molecule has 2 aromatic carbocycles. The van der Waals surface area contributed by atoms with Gasteiger partial charge in [0.2, 0.25) is 0 Å². The third-order valence-electron chi connectivity index (χ3n) is 5.61. The number of hydrazine groups is 1. The van der Waals surface area contributed by atoms with E-state index in [1.807, 2.05) is 12.2 Å². The Morgan fingerprint density at radius 1 is 1.03 bits per heavy atom. The molecule has 4 rings (SSSR count). The van der Waals surface area contributed by atoms with Gasteiger partial charge in [-0.3, -0.25) is 24.5 Å². The third-order valence-corrected chi connectivity index (χ3v) is 6.35. The van der Waals surface area contributed by atoms with Crippen molar-refractivity contribution in [3.8, 4) is 0 Å². The first-order valence-corrected chi connectivity index (χ1v) is 10.6. The maximum Gasteiger partial charge on any atom is 0.282 e. The highest BCUT2D eigenvalue weighted by molar-refractivity contribution is 6.42. The van der Waals surface area contributed by atoms with Crippen molar-refractivity contribution < 1.29 is 19.3 Å². The lowest BCUT2D eigenvalue weighted by Crippen LogP contribution is -2.50. The molecule has 8 nitrogen and oxygen atoms in total. The molecule has 0 N–H and O–H groups in total. The summed E-state index contributed by atoms with van der Waals surface area (Å²) < 4.78 is 0. The smallest absolute Gasteiger partial charge is 0.272 e. The molecular formula is C22H17Cl2N3O5. The lowest BCUT2D eigenvalue weighted by Gasteiger charge is -2.30. The molecule has 1 heterocycles. The van der Waals surface area contributed by atoms with E-state index in [2.05, 4.69) is 0 Å². The molecule has 32 heavy (non-hydrogen) atoms. The molecule has 3 amide bonds. The van der Waals surface area contributed by atoms with E-state index in [4.69, 9.17) is 23.2 Å². The fourth-order valence-electron chi connectivity index (χ4n) is 4.02. The number of carbonyl (C=O) groups is 3. The quantitative estimate of drug-likeness (QED) is 0.277. The third kappa shape index (κ3) is 3.87. The van der Waals surface area contributed by atoms with Crippen LogP contribution in [0.1, 0.15) is 28.8 Å². The molecule has 2 atom stereocenters. The monoisotopic (exact) mass is 473 g/mol. The first-order chi connectivity index (χ1) is 15.3. The van der Waals surface area contributed by atoms with E-state index in [-0.39, 0.29) is 17.1 Å². The Morgan fingerprint density at radius 3 is 2.25 bits per heavy atom. The molecule has 10 heteroatoms. The van der Waals surface area contributed by atoms with Crippen molar-refractivity contribution in [1.29, 1.82) is 0 Å². The highest BCUT2D eigenvalue weighted by atomic mass is 35.5. The van der Waals surface area contributed by atoms with Crippen LogP contribution in [-0.4, -0.2) is 32.7 Å². The van der Waals surface area contributed by atoms with E-state index in [1.54, 1.807) is 6.07 Å². The van der Waals surface area contributed by atoms with E-state index in [0.29, 0.717) is 23.4 Å². The van der Waals surface area contributed by atoms with E-state index in [0.717, 1.165) is 10.0 Å². The summed E-state index contributed by atoms with van der Waals surface area (Å²) in [5.74, 6) is -2.98. The Labute approximate surface area is 193 Å². The van der Waals surface area contributed by atoms with Crippen LogP contribution in [0.4, 0.5) is 5.69 Å². The van der Waals surface area contributed by atoms with Crippen molar-refractivity contribution in [2.45, 2.75) is 19.4 Å². The lowest BCUT2D eigenvalue weighted by molar-refractivity contribution is -0.385. The molecule has 0 aromatic heterocycles. The minimum atomic E-state index is -0.836. The van der Waals surface area contributed by atoms with Gasteiger partial charge >= 0.3 is 0 Å². The summed E-state index contributed by atoms with van der Waals surface area (Å²) in [6, 6.07) is 10.1. The van der Waals surface area contributed by atoms with Crippen molar-refractivity contribution in [3.63, 3.8) is 0 Å². The van der Waals surface area contributed by atoms with Gasteiger partial charge < -0.3 is 0 Å². The average Bonchev–Trinajstić information content (AvgIpc) is 3.04. The molecule has 0 radical (unpaired) electrons. The van der Waals surface area contributed by atoms with Crippen LogP contribution in [0.15, 0.2) is 54.6 Å². The van der Waals surface area contributed by atoms with Gasteiger partial charge in [-0.05, 0) is 36.6 Å². The van der Waals surface area contributed by atoms with Crippen molar-refractivity contribution in [2.24, 2.45) is 11.8 Å². The normalized spacial score (nSPS) is 19.8. The van der Waals surface area contributed by atoms with Gasteiger partial charge in [0.1, 0.15) is 5.56 Å². The van der Waals surface area contributed by atoms with Gasteiger partial charge in [0.05, 0.1) is 33.3 Å². The number of allylic oxidation sites excluding steroid dienone is 2. The largest absolute Gasteiger partial charge is 0.282 e. The van der Waals surface area contributed by atoms with Gasteiger partial charge in [-0.2, -0.15) is 5.01 Å². The van der Waals surface area contributed by atoms with Gasteiger partial charge in [-0.15, -0.1) is 0 Å². The van der Waals surface area contributed by atoms with Crippen molar-refractivity contribution in [1.82, 2.24) is 10.0 Å². The van der Waals surface area contributed by atoms with Gasteiger partial charge in [0, 0.05) is 6.07 Å². The maximum atomic E-state index is 13.5. The minimum Gasteiger partial charge on any atom is -0.272 e. The molecule has 0 bridgehead atoms. The molecule has 1 fully saturated rings. The number of nitrogens with zero attached hydrogens (tertiary/aromatic N) is 3. The molecule has 0 spiro atoms. The summed E-state index contributed by atoms with van der Waals surface area (Å²) in [4.78, 5) is 50.6. The van der Waals surface area contributed by atoms with Crippen LogP contribution in [0.2, 0.25) is 10.0 Å². The van der Waals surface area contributed by atoms with Crippen LogP contribution in [0.5, 0.6) is 0 Å². The SMILES string of the molecule is O=C(c1ccccc1[N+](=O)[O-])N(Cc1ccc(Cl)c(Cl)c1)N1C(=O)[C@H]2CC=CC[C@H]2C1=O. The average molecular weight is 474 g/mol. The van der Waals surface area contributed by atoms with Crippen LogP contribution < -0.4 is 0 Å². The van der Waals surface area contributed by atoms with E-state index in [1.165, 1.54) is 36.4 Å². The molecule has 1 aliphatic heterocycles.